The Hall–Kier alpha value is -0.100. The zero-order valence-electron chi connectivity index (χ0n) is 7.56. The summed E-state index contributed by atoms with van der Waals surface area (Å²) in [5, 5.41) is 0. The molecular weight excluding hydrogens is 277 g/mol. The van der Waals surface area contributed by atoms with Crippen LogP contribution in [0.2, 0.25) is 0 Å². The van der Waals surface area contributed by atoms with Crippen molar-refractivity contribution in [3.63, 3.8) is 0 Å². The minimum absolute atomic E-state index is 0.805. The van der Waals surface area contributed by atoms with E-state index in [1.54, 1.807) is 0 Å². The van der Waals surface area contributed by atoms with Crippen LogP contribution in [0.3, 0.4) is 0 Å². The third-order valence-electron chi connectivity index (χ3n) is 2.50. The number of hydrogen-bond acceptors (Lipinski definition) is 2. The van der Waals surface area contributed by atoms with Crippen LogP contribution in [0.5, 0.6) is 0 Å². The van der Waals surface area contributed by atoms with Gasteiger partial charge in [0.15, 0.2) is 0 Å². The zero-order valence-corrected chi connectivity index (χ0v) is 9.72. The van der Waals surface area contributed by atoms with Gasteiger partial charge in [0.2, 0.25) is 0 Å². The normalized spacial score (nSPS) is 24.8. The van der Waals surface area contributed by atoms with E-state index in [0.29, 0.717) is 0 Å². The number of aromatic nitrogens is 2. The molecule has 0 radical (unpaired) electrons. The largest absolute Gasteiger partial charge is 0.337 e. The first kappa shape index (κ1) is 9.45. The molecule has 0 aromatic carbocycles. The fourth-order valence-electron chi connectivity index (χ4n) is 1.86. The van der Waals surface area contributed by atoms with E-state index in [9.17, 15) is 0 Å². The van der Waals surface area contributed by atoms with Gasteiger partial charge in [-0.05, 0) is 18.8 Å². The monoisotopic (exact) mass is 291 g/mol. The Labute approximate surface area is 92.6 Å². The Bertz CT molecular complexity index is 247. The predicted octanol–water partition coefficient (Wildman–Crippen LogP) is 1.95. The molecule has 2 heterocycles. The average molecular weight is 291 g/mol. The van der Waals surface area contributed by atoms with Gasteiger partial charge in [0.25, 0.3) is 0 Å². The molecule has 13 heavy (non-hydrogen) atoms. The lowest BCUT2D eigenvalue weighted by molar-refractivity contribution is 0.276. The molecule has 72 valence electrons. The van der Waals surface area contributed by atoms with Gasteiger partial charge >= 0.3 is 0 Å². The molecule has 1 aliphatic heterocycles. The Morgan fingerprint density at radius 2 is 2.46 bits per heavy atom. The molecule has 1 unspecified atom stereocenters. The number of rotatable bonds is 2. The van der Waals surface area contributed by atoms with Gasteiger partial charge in [-0.2, -0.15) is 0 Å². The summed E-state index contributed by atoms with van der Waals surface area (Å²) in [5.41, 5.74) is 0. The summed E-state index contributed by atoms with van der Waals surface area (Å²) in [7, 11) is 0. The number of piperidine rings is 1. The van der Waals surface area contributed by atoms with E-state index in [1.165, 1.54) is 25.9 Å². The maximum atomic E-state index is 4.05. The molecule has 0 aliphatic carbocycles. The summed E-state index contributed by atoms with van der Waals surface area (Å²) in [5.74, 6) is 0.805. The highest BCUT2D eigenvalue weighted by Crippen LogP contribution is 2.20. The van der Waals surface area contributed by atoms with Crippen LogP contribution in [0, 0.1) is 5.92 Å². The van der Waals surface area contributed by atoms with E-state index >= 15 is 0 Å². The summed E-state index contributed by atoms with van der Waals surface area (Å²) < 4.78 is 4.57. The topological polar surface area (TPSA) is 21.1 Å². The zero-order chi connectivity index (χ0) is 9.10. The van der Waals surface area contributed by atoms with Crippen LogP contribution >= 0.6 is 22.9 Å². The lowest BCUT2D eigenvalue weighted by Gasteiger charge is -2.28. The highest BCUT2D eigenvalue weighted by molar-refractivity contribution is 14.1. The lowest BCUT2D eigenvalue weighted by atomic mass is 10.00. The van der Waals surface area contributed by atoms with Crippen LogP contribution in [0.4, 0.5) is 0 Å². The van der Waals surface area contributed by atoms with Gasteiger partial charge in [-0.1, -0.05) is 0 Å². The third-order valence-corrected chi connectivity index (χ3v) is 3.37. The van der Waals surface area contributed by atoms with Crippen LogP contribution in [-0.4, -0.2) is 25.8 Å². The molecule has 2 rings (SSSR count). The molecule has 0 saturated carbocycles. The minimum atomic E-state index is 0.805. The molecule has 1 fully saturated rings. The molecule has 1 saturated heterocycles. The average Bonchev–Trinajstić information content (AvgIpc) is 2.57. The number of hydrogen-bond donors (Lipinski definition) is 0. The second-order valence-electron chi connectivity index (χ2n) is 3.64. The van der Waals surface area contributed by atoms with Crippen LogP contribution in [-0.2, 0) is 6.54 Å². The fraction of sp³-hybridized carbons (Fsp3) is 0.667. The second-order valence-corrected chi connectivity index (χ2v) is 5.00. The van der Waals surface area contributed by atoms with Crippen LogP contribution in [0.1, 0.15) is 12.8 Å². The Kier molecular flexibility index (Phi) is 3.21. The van der Waals surface area contributed by atoms with Gasteiger partial charge in [-0.15, -0.1) is 0 Å². The third kappa shape index (κ3) is 2.67. The minimum Gasteiger partial charge on any atom is -0.337 e. The lowest BCUT2D eigenvalue weighted by Crippen LogP contribution is -2.30. The quantitative estimate of drug-likeness (QED) is 0.613. The van der Waals surface area contributed by atoms with Crippen molar-refractivity contribution in [1.29, 1.82) is 0 Å². The number of halogens is 1. The van der Waals surface area contributed by atoms with Gasteiger partial charge in [-0.3, -0.25) is 0 Å². The summed E-state index contributed by atoms with van der Waals surface area (Å²) in [6.45, 7) is 3.60. The maximum absolute atomic E-state index is 4.05. The molecule has 1 atom stereocenters. The molecule has 1 aromatic rings. The maximum Gasteiger partial charge on any atom is 0.0946 e. The number of imidazole rings is 1. The van der Waals surface area contributed by atoms with Crippen molar-refractivity contribution in [3.8, 4) is 0 Å². The molecule has 0 spiro atoms. The Morgan fingerprint density at radius 1 is 1.54 bits per heavy atom. The van der Waals surface area contributed by atoms with Gasteiger partial charge in [0, 0.05) is 54.9 Å². The molecule has 1 aliphatic rings. The highest BCUT2D eigenvalue weighted by atomic mass is 127. The van der Waals surface area contributed by atoms with E-state index in [1.807, 2.05) is 18.7 Å². The summed E-state index contributed by atoms with van der Waals surface area (Å²) >= 11 is 2.42. The van der Waals surface area contributed by atoms with Crippen molar-refractivity contribution in [3.05, 3.63) is 18.7 Å². The fourth-order valence-corrected chi connectivity index (χ4v) is 2.75. The Morgan fingerprint density at radius 3 is 3.15 bits per heavy atom. The van der Waals surface area contributed by atoms with Gasteiger partial charge in [0.05, 0.1) is 6.33 Å². The van der Waals surface area contributed by atoms with Crippen molar-refractivity contribution >= 4 is 22.9 Å². The Balaban J connectivity index is 1.87. The molecule has 1 aromatic heterocycles. The molecular formula is C9H14IN3. The van der Waals surface area contributed by atoms with Crippen molar-refractivity contribution in [2.45, 2.75) is 19.4 Å². The van der Waals surface area contributed by atoms with Crippen molar-refractivity contribution in [2.75, 3.05) is 13.1 Å². The summed E-state index contributed by atoms with van der Waals surface area (Å²) in [4.78, 5) is 4.05. The molecule has 0 amide bonds. The van der Waals surface area contributed by atoms with Crippen LogP contribution in [0.25, 0.3) is 0 Å². The van der Waals surface area contributed by atoms with Crippen molar-refractivity contribution in [1.82, 2.24) is 12.7 Å². The second kappa shape index (κ2) is 4.41. The first-order valence-corrected chi connectivity index (χ1v) is 5.67. The molecule has 3 nitrogen and oxygen atoms in total. The van der Waals surface area contributed by atoms with Crippen LogP contribution in [0.15, 0.2) is 18.7 Å². The van der Waals surface area contributed by atoms with E-state index < -0.39 is 0 Å². The van der Waals surface area contributed by atoms with E-state index in [4.69, 9.17) is 0 Å². The smallest absolute Gasteiger partial charge is 0.0946 e. The number of nitrogens with zero attached hydrogens (tertiary/aromatic N) is 3. The van der Waals surface area contributed by atoms with Gasteiger partial charge in [-0.25, -0.2) is 8.10 Å². The highest BCUT2D eigenvalue weighted by Gasteiger charge is 2.17. The molecule has 0 N–H and O–H groups in total. The predicted molar refractivity (Wildman–Crippen MR) is 60.5 cm³/mol. The van der Waals surface area contributed by atoms with E-state index in [0.717, 1.165) is 12.5 Å². The van der Waals surface area contributed by atoms with Gasteiger partial charge in [0.1, 0.15) is 0 Å². The van der Waals surface area contributed by atoms with Crippen molar-refractivity contribution in [2.24, 2.45) is 5.92 Å². The summed E-state index contributed by atoms with van der Waals surface area (Å²) in [6, 6.07) is 0. The SMILES string of the molecule is IN1CCCC(Cn2ccnc2)C1. The molecule has 0 bridgehead atoms. The van der Waals surface area contributed by atoms with Crippen LogP contribution < -0.4 is 0 Å². The van der Waals surface area contributed by atoms with E-state index in [-0.39, 0.29) is 0 Å². The summed E-state index contributed by atoms with van der Waals surface area (Å²) in [6.07, 6.45) is 8.50. The first-order valence-electron chi connectivity index (χ1n) is 4.71. The first-order chi connectivity index (χ1) is 6.34. The standard InChI is InChI=1S/C9H14IN3/c10-13-4-1-2-9(7-13)6-12-5-3-11-8-12/h3,5,8-9H,1-2,4,6-7H2. The van der Waals surface area contributed by atoms with Gasteiger partial charge < -0.3 is 4.57 Å². The molecule has 4 heteroatoms. The van der Waals surface area contributed by atoms with E-state index in [2.05, 4.69) is 35.5 Å². The van der Waals surface area contributed by atoms with Crippen molar-refractivity contribution < 1.29 is 0 Å².